The Kier molecular flexibility index (Phi) is 4.50. The van der Waals surface area contributed by atoms with Crippen molar-refractivity contribution in [3.05, 3.63) is 35.7 Å². The summed E-state index contributed by atoms with van der Waals surface area (Å²) in [4.78, 5) is 12.6. The van der Waals surface area contributed by atoms with E-state index in [-0.39, 0.29) is 11.8 Å². The second-order valence-electron chi connectivity index (χ2n) is 5.54. The second kappa shape index (κ2) is 6.73. The monoisotopic (exact) mass is 315 g/mol. The molecule has 1 aromatic heterocycles. The Labute approximate surface area is 135 Å². The number of H-pyrrole nitrogens is 1. The summed E-state index contributed by atoms with van der Waals surface area (Å²) in [5.41, 5.74) is 2.78. The Balaban J connectivity index is 1.77. The van der Waals surface area contributed by atoms with Crippen molar-refractivity contribution in [3.8, 4) is 11.5 Å². The molecule has 1 aliphatic rings. The third-order valence-corrected chi connectivity index (χ3v) is 4.09. The highest BCUT2D eigenvalue weighted by Gasteiger charge is 2.28. The van der Waals surface area contributed by atoms with Crippen LogP contribution in [0.15, 0.2) is 24.4 Å². The zero-order chi connectivity index (χ0) is 16.2. The Morgan fingerprint density at radius 2 is 2.30 bits per heavy atom. The lowest BCUT2D eigenvalue weighted by atomic mass is 9.86. The Morgan fingerprint density at radius 1 is 1.43 bits per heavy atom. The zero-order valence-corrected chi connectivity index (χ0v) is 13.4. The van der Waals surface area contributed by atoms with Crippen LogP contribution >= 0.6 is 0 Å². The number of benzene rings is 1. The van der Waals surface area contributed by atoms with E-state index < -0.39 is 0 Å². The molecule has 6 nitrogen and oxygen atoms in total. The lowest BCUT2D eigenvalue weighted by Gasteiger charge is -2.21. The van der Waals surface area contributed by atoms with E-state index in [0.29, 0.717) is 23.8 Å². The second-order valence-corrected chi connectivity index (χ2v) is 5.54. The molecule has 0 spiro atoms. The first kappa shape index (κ1) is 15.4. The molecule has 0 saturated carbocycles. The van der Waals surface area contributed by atoms with Crippen LogP contribution in [0.1, 0.15) is 36.9 Å². The smallest absolute Gasteiger partial charge is 0.232 e. The number of nitrogens with one attached hydrogen (secondary N) is 2. The zero-order valence-electron chi connectivity index (χ0n) is 13.4. The molecule has 1 unspecified atom stereocenters. The number of carbonyl (C=O) groups is 1. The van der Waals surface area contributed by atoms with Gasteiger partial charge in [-0.1, -0.05) is 0 Å². The van der Waals surface area contributed by atoms with Gasteiger partial charge in [-0.05, 0) is 38.3 Å². The molecule has 1 amide bonds. The number of hydrogen-bond donors (Lipinski definition) is 2. The summed E-state index contributed by atoms with van der Waals surface area (Å²) in [6.07, 6.45) is 4.54. The lowest BCUT2D eigenvalue weighted by Crippen LogP contribution is -2.24. The maximum Gasteiger partial charge on any atom is 0.232 e. The minimum absolute atomic E-state index is 0.0139. The number of aryl methyl sites for hydroxylation is 1. The number of anilines is 1. The number of methoxy groups -OCH3 is 1. The number of nitrogens with zero attached hydrogens (tertiary/aromatic N) is 1. The van der Waals surface area contributed by atoms with Crippen LogP contribution in [0.2, 0.25) is 0 Å². The predicted molar refractivity (Wildman–Crippen MR) is 87.1 cm³/mol. The average molecular weight is 315 g/mol. The standard InChI is InChI=1S/C17H21N3O3/c1-3-23-16-9-11(7-8-15(16)22-2)19-17(21)12-5-4-6-14-13(12)10-18-20-14/h7-10,12H,3-6H2,1-2H3,(H,18,20)(H,19,21). The molecule has 122 valence electrons. The largest absolute Gasteiger partial charge is 0.493 e. The highest BCUT2D eigenvalue weighted by Crippen LogP contribution is 2.33. The molecule has 0 bridgehead atoms. The number of aromatic nitrogens is 2. The van der Waals surface area contributed by atoms with E-state index in [2.05, 4.69) is 15.5 Å². The maximum absolute atomic E-state index is 12.6. The van der Waals surface area contributed by atoms with E-state index in [1.165, 1.54) is 0 Å². The van der Waals surface area contributed by atoms with E-state index in [9.17, 15) is 4.79 Å². The molecular formula is C17H21N3O3. The van der Waals surface area contributed by atoms with Gasteiger partial charge in [0.1, 0.15) is 0 Å². The van der Waals surface area contributed by atoms with Gasteiger partial charge in [0.25, 0.3) is 0 Å². The maximum atomic E-state index is 12.6. The molecule has 0 radical (unpaired) electrons. The van der Waals surface area contributed by atoms with Gasteiger partial charge >= 0.3 is 0 Å². The normalized spacial score (nSPS) is 16.5. The van der Waals surface area contributed by atoms with Gasteiger partial charge in [-0.15, -0.1) is 0 Å². The van der Waals surface area contributed by atoms with E-state index >= 15 is 0 Å². The molecule has 1 heterocycles. The van der Waals surface area contributed by atoms with Crippen molar-refractivity contribution in [1.29, 1.82) is 0 Å². The molecule has 1 atom stereocenters. The fourth-order valence-electron chi connectivity index (χ4n) is 2.99. The summed E-state index contributed by atoms with van der Waals surface area (Å²) in [5, 5.41) is 10.0. The van der Waals surface area contributed by atoms with Crippen LogP contribution < -0.4 is 14.8 Å². The van der Waals surface area contributed by atoms with Crippen molar-refractivity contribution in [2.45, 2.75) is 32.1 Å². The van der Waals surface area contributed by atoms with Crippen molar-refractivity contribution in [3.63, 3.8) is 0 Å². The van der Waals surface area contributed by atoms with Crippen LogP contribution in [0.4, 0.5) is 5.69 Å². The fourth-order valence-corrected chi connectivity index (χ4v) is 2.99. The summed E-state index contributed by atoms with van der Waals surface area (Å²) in [6.45, 7) is 2.45. The van der Waals surface area contributed by atoms with E-state index in [1.54, 1.807) is 25.4 Å². The minimum atomic E-state index is -0.157. The number of hydrogen-bond acceptors (Lipinski definition) is 4. The number of ether oxygens (including phenoxy) is 2. The molecule has 0 fully saturated rings. The Hall–Kier alpha value is -2.50. The van der Waals surface area contributed by atoms with E-state index in [4.69, 9.17) is 9.47 Å². The summed E-state index contributed by atoms with van der Waals surface area (Å²) < 4.78 is 10.8. The third kappa shape index (κ3) is 3.16. The molecule has 1 aromatic carbocycles. The fraction of sp³-hybridized carbons (Fsp3) is 0.412. The number of aromatic amines is 1. The topological polar surface area (TPSA) is 76.2 Å². The van der Waals surface area contributed by atoms with E-state index in [1.807, 2.05) is 13.0 Å². The van der Waals surface area contributed by atoms with Crippen LogP contribution in [0.3, 0.4) is 0 Å². The van der Waals surface area contributed by atoms with Gasteiger partial charge in [0.2, 0.25) is 5.91 Å². The van der Waals surface area contributed by atoms with Crippen molar-refractivity contribution >= 4 is 11.6 Å². The van der Waals surface area contributed by atoms with Crippen molar-refractivity contribution in [2.75, 3.05) is 19.0 Å². The van der Waals surface area contributed by atoms with Gasteiger partial charge in [0, 0.05) is 23.0 Å². The van der Waals surface area contributed by atoms with Crippen LogP contribution in [-0.2, 0) is 11.2 Å². The van der Waals surface area contributed by atoms with Gasteiger partial charge in [-0.3, -0.25) is 9.89 Å². The van der Waals surface area contributed by atoms with Gasteiger partial charge in [-0.25, -0.2) is 0 Å². The Bertz CT molecular complexity index is 696. The Morgan fingerprint density at radius 3 is 3.09 bits per heavy atom. The molecule has 0 saturated heterocycles. The highest BCUT2D eigenvalue weighted by atomic mass is 16.5. The molecule has 1 aliphatic carbocycles. The molecule has 2 aromatic rings. The summed E-state index contributed by atoms with van der Waals surface area (Å²) in [5.74, 6) is 1.11. The first-order valence-electron chi connectivity index (χ1n) is 7.86. The summed E-state index contributed by atoms with van der Waals surface area (Å²) >= 11 is 0. The van der Waals surface area contributed by atoms with Crippen LogP contribution in [0.25, 0.3) is 0 Å². The third-order valence-electron chi connectivity index (χ3n) is 4.09. The van der Waals surface area contributed by atoms with Gasteiger partial charge in [-0.2, -0.15) is 5.10 Å². The van der Waals surface area contributed by atoms with Gasteiger partial charge in [0.05, 0.1) is 25.8 Å². The highest BCUT2D eigenvalue weighted by molar-refractivity contribution is 5.96. The lowest BCUT2D eigenvalue weighted by molar-refractivity contribution is -0.117. The minimum Gasteiger partial charge on any atom is -0.493 e. The molecule has 0 aliphatic heterocycles. The molecule has 6 heteroatoms. The summed E-state index contributed by atoms with van der Waals surface area (Å²) in [6, 6.07) is 5.41. The van der Waals surface area contributed by atoms with Gasteiger partial charge in [0.15, 0.2) is 11.5 Å². The van der Waals surface area contributed by atoms with Crippen LogP contribution in [-0.4, -0.2) is 29.8 Å². The number of fused-ring (bicyclic) bond motifs is 1. The quantitative estimate of drug-likeness (QED) is 0.889. The SMILES string of the molecule is CCOc1cc(NC(=O)C2CCCc3[nH]ncc32)ccc1OC. The summed E-state index contributed by atoms with van der Waals surface area (Å²) in [7, 11) is 1.60. The van der Waals surface area contributed by atoms with Gasteiger partial charge < -0.3 is 14.8 Å². The molecule has 3 rings (SSSR count). The first-order chi connectivity index (χ1) is 11.2. The predicted octanol–water partition coefficient (Wildman–Crippen LogP) is 2.88. The van der Waals surface area contributed by atoms with E-state index in [0.717, 1.165) is 30.5 Å². The molecular weight excluding hydrogens is 294 g/mol. The van der Waals surface area contributed by atoms with Crippen molar-refractivity contribution in [1.82, 2.24) is 10.2 Å². The van der Waals surface area contributed by atoms with Crippen molar-refractivity contribution < 1.29 is 14.3 Å². The average Bonchev–Trinajstić information content (AvgIpc) is 3.04. The number of rotatable bonds is 5. The molecule has 2 N–H and O–H groups in total. The first-order valence-corrected chi connectivity index (χ1v) is 7.86. The number of carbonyl (C=O) groups excluding carboxylic acids is 1. The van der Waals surface area contributed by atoms with Crippen LogP contribution in [0.5, 0.6) is 11.5 Å². The molecule has 23 heavy (non-hydrogen) atoms. The van der Waals surface area contributed by atoms with Crippen LogP contribution in [0, 0.1) is 0 Å². The van der Waals surface area contributed by atoms with Crippen molar-refractivity contribution in [2.24, 2.45) is 0 Å². The number of amides is 1.